The van der Waals surface area contributed by atoms with Gasteiger partial charge in [-0.1, -0.05) is 11.8 Å². The molecule has 0 N–H and O–H groups in total. The van der Waals surface area contributed by atoms with Crippen molar-refractivity contribution in [3.8, 4) is 0 Å². The lowest BCUT2D eigenvalue weighted by atomic mass is 9.93. The highest BCUT2D eigenvalue weighted by Crippen LogP contribution is 2.22. The van der Waals surface area contributed by atoms with Gasteiger partial charge in [0.15, 0.2) is 5.16 Å². The number of aromatic nitrogens is 6. The lowest BCUT2D eigenvalue weighted by Gasteiger charge is -2.32. The first-order valence-corrected chi connectivity index (χ1v) is 9.42. The van der Waals surface area contributed by atoms with E-state index in [0.717, 1.165) is 43.3 Å². The summed E-state index contributed by atoms with van der Waals surface area (Å²) in [6.45, 7) is 2.25. The zero-order valence-corrected chi connectivity index (χ0v) is 14.9. The second-order valence-corrected chi connectivity index (χ2v) is 6.87. The van der Waals surface area contributed by atoms with E-state index in [2.05, 4.69) is 24.8 Å². The molecule has 0 saturated carbocycles. The Bertz CT molecular complexity index is 661. The van der Waals surface area contributed by atoms with Crippen LogP contribution < -0.4 is 0 Å². The summed E-state index contributed by atoms with van der Waals surface area (Å²) < 4.78 is 3.77. The first kappa shape index (κ1) is 16.9. The SMILES string of the molecule is CSc1nnc(CC2CCN(C(=O)CCn3cncn3)CC2)n1C. The second kappa shape index (κ2) is 7.78. The van der Waals surface area contributed by atoms with Crippen LogP contribution in [0.1, 0.15) is 25.1 Å². The molecule has 8 nitrogen and oxygen atoms in total. The number of nitrogens with zero attached hydrogens (tertiary/aromatic N) is 7. The summed E-state index contributed by atoms with van der Waals surface area (Å²) in [6, 6.07) is 0. The van der Waals surface area contributed by atoms with Crippen LogP contribution in [0.25, 0.3) is 0 Å². The van der Waals surface area contributed by atoms with E-state index in [0.29, 0.717) is 18.9 Å². The molecule has 3 heterocycles. The van der Waals surface area contributed by atoms with Crippen LogP contribution in [0.4, 0.5) is 0 Å². The van der Waals surface area contributed by atoms with Gasteiger partial charge in [-0.15, -0.1) is 10.2 Å². The number of carbonyl (C=O) groups excluding carboxylic acids is 1. The van der Waals surface area contributed by atoms with Gasteiger partial charge in [0.1, 0.15) is 18.5 Å². The molecular weight excluding hydrogens is 326 g/mol. The molecule has 0 atom stereocenters. The zero-order valence-electron chi connectivity index (χ0n) is 14.1. The van der Waals surface area contributed by atoms with Gasteiger partial charge in [-0.2, -0.15) is 5.10 Å². The minimum Gasteiger partial charge on any atom is -0.343 e. The van der Waals surface area contributed by atoms with Gasteiger partial charge in [-0.25, -0.2) is 4.98 Å². The Balaban J connectivity index is 1.45. The molecular formula is C15H23N7OS. The van der Waals surface area contributed by atoms with Crippen LogP contribution in [0, 0.1) is 5.92 Å². The van der Waals surface area contributed by atoms with Crippen molar-refractivity contribution in [2.75, 3.05) is 19.3 Å². The van der Waals surface area contributed by atoms with Gasteiger partial charge in [0.05, 0.1) is 6.54 Å². The average molecular weight is 349 g/mol. The van der Waals surface area contributed by atoms with Gasteiger partial charge in [0.2, 0.25) is 5.91 Å². The van der Waals surface area contributed by atoms with Crippen LogP contribution in [-0.4, -0.2) is 59.7 Å². The van der Waals surface area contributed by atoms with E-state index >= 15 is 0 Å². The van der Waals surface area contributed by atoms with Gasteiger partial charge >= 0.3 is 0 Å². The van der Waals surface area contributed by atoms with Crippen LogP contribution in [0.15, 0.2) is 17.8 Å². The maximum Gasteiger partial charge on any atom is 0.224 e. The lowest BCUT2D eigenvalue weighted by Crippen LogP contribution is -2.39. The number of likely N-dealkylation sites (tertiary alicyclic amines) is 1. The van der Waals surface area contributed by atoms with Crippen LogP contribution in [0.2, 0.25) is 0 Å². The van der Waals surface area contributed by atoms with E-state index < -0.39 is 0 Å². The van der Waals surface area contributed by atoms with Gasteiger partial charge < -0.3 is 9.47 Å². The van der Waals surface area contributed by atoms with E-state index in [9.17, 15) is 4.79 Å². The quantitative estimate of drug-likeness (QED) is 0.724. The van der Waals surface area contributed by atoms with Crippen molar-refractivity contribution < 1.29 is 4.79 Å². The lowest BCUT2D eigenvalue weighted by molar-refractivity contribution is -0.132. The highest BCUT2D eigenvalue weighted by atomic mass is 32.2. The molecule has 1 fully saturated rings. The topological polar surface area (TPSA) is 81.7 Å². The Morgan fingerprint density at radius 1 is 1.33 bits per heavy atom. The predicted molar refractivity (Wildman–Crippen MR) is 90.4 cm³/mol. The number of carbonyl (C=O) groups is 1. The fourth-order valence-electron chi connectivity index (χ4n) is 3.06. The molecule has 2 aromatic heterocycles. The maximum absolute atomic E-state index is 12.3. The van der Waals surface area contributed by atoms with Gasteiger partial charge in [-0.3, -0.25) is 9.48 Å². The molecule has 130 valence electrons. The maximum atomic E-state index is 12.3. The van der Waals surface area contributed by atoms with Gasteiger partial charge in [0, 0.05) is 33.0 Å². The van der Waals surface area contributed by atoms with Crippen LogP contribution in [0.5, 0.6) is 0 Å². The minimum atomic E-state index is 0.201. The van der Waals surface area contributed by atoms with Crippen molar-refractivity contribution in [3.63, 3.8) is 0 Å². The van der Waals surface area contributed by atoms with E-state index in [-0.39, 0.29) is 5.91 Å². The summed E-state index contributed by atoms with van der Waals surface area (Å²) in [5, 5.41) is 13.5. The van der Waals surface area contributed by atoms with Crippen molar-refractivity contribution in [1.29, 1.82) is 0 Å². The highest BCUT2D eigenvalue weighted by Gasteiger charge is 2.24. The fourth-order valence-corrected chi connectivity index (χ4v) is 3.56. The van der Waals surface area contributed by atoms with Gasteiger partial charge in [0.25, 0.3) is 0 Å². The van der Waals surface area contributed by atoms with Crippen molar-refractivity contribution in [1.82, 2.24) is 34.4 Å². The fraction of sp³-hybridized carbons (Fsp3) is 0.667. The average Bonchev–Trinajstić information content (AvgIpc) is 3.24. The van der Waals surface area contributed by atoms with E-state index in [1.165, 1.54) is 6.33 Å². The Morgan fingerprint density at radius 2 is 2.12 bits per heavy atom. The Morgan fingerprint density at radius 3 is 2.75 bits per heavy atom. The third-order valence-electron chi connectivity index (χ3n) is 4.57. The highest BCUT2D eigenvalue weighted by molar-refractivity contribution is 7.98. The zero-order chi connectivity index (χ0) is 16.9. The van der Waals surface area contributed by atoms with Crippen LogP contribution in [-0.2, 0) is 24.8 Å². The first-order valence-electron chi connectivity index (χ1n) is 8.20. The molecule has 0 aliphatic carbocycles. The van der Waals surface area contributed by atoms with E-state index in [1.807, 2.05) is 18.2 Å². The molecule has 1 aliphatic heterocycles. The summed E-state index contributed by atoms with van der Waals surface area (Å²) in [4.78, 5) is 18.1. The standard InChI is InChI=1S/C15H23N7OS/c1-20-13(18-19-15(20)24-2)9-12-3-6-21(7-4-12)14(23)5-8-22-11-16-10-17-22/h10-12H,3-9H2,1-2H3. The third-order valence-corrected chi connectivity index (χ3v) is 5.29. The summed E-state index contributed by atoms with van der Waals surface area (Å²) in [6.07, 6.45) is 8.61. The van der Waals surface area contributed by atoms with Crippen molar-refractivity contribution >= 4 is 17.7 Å². The minimum absolute atomic E-state index is 0.201. The molecule has 3 rings (SSSR count). The number of piperidine rings is 1. The smallest absolute Gasteiger partial charge is 0.224 e. The summed E-state index contributed by atoms with van der Waals surface area (Å²) in [7, 11) is 2.02. The summed E-state index contributed by atoms with van der Waals surface area (Å²) in [5.41, 5.74) is 0. The number of hydrogen-bond acceptors (Lipinski definition) is 6. The van der Waals surface area contributed by atoms with Gasteiger partial charge in [-0.05, 0) is 25.0 Å². The molecule has 0 unspecified atom stereocenters. The Hall–Kier alpha value is -1.90. The number of rotatable bonds is 6. The summed E-state index contributed by atoms with van der Waals surface area (Å²) >= 11 is 1.61. The normalized spacial score (nSPS) is 15.8. The number of amides is 1. The van der Waals surface area contributed by atoms with Crippen LogP contribution >= 0.6 is 11.8 Å². The molecule has 9 heteroatoms. The molecule has 1 saturated heterocycles. The molecule has 1 aliphatic rings. The third kappa shape index (κ3) is 3.95. The molecule has 0 spiro atoms. The summed E-state index contributed by atoms with van der Waals surface area (Å²) in [5.74, 6) is 1.81. The largest absolute Gasteiger partial charge is 0.343 e. The van der Waals surface area contributed by atoms with Crippen molar-refractivity contribution in [2.24, 2.45) is 13.0 Å². The molecule has 2 aromatic rings. The Kier molecular flexibility index (Phi) is 5.49. The molecule has 0 aromatic carbocycles. The number of hydrogen-bond donors (Lipinski definition) is 0. The molecule has 1 amide bonds. The molecule has 24 heavy (non-hydrogen) atoms. The van der Waals surface area contributed by atoms with E-state index in [1.54, 1.807) is 22.8 Å². The number of thioether (sulfide) groups is 1. The van der Waals surface area contributed by atoms with Crippen molar-refractivity contribution in [3.05, 3.63) is 18.5 Å². The predicted octanol–water partition coefficient (Wildman–Crippen LogP) is 1.000. The first-order chi connectivity index (χ1) is 11.7. The second-order valence-electron chi connectivity index (χ2n) is 6.10. The van der Waals surface area contributed by atoms with Crippen LogP contribution in [0.3, 0.4) is 0 Å². The Labute approximate surface area is 145 Å². The molecule has 0 radical (unpaired) electrons. The molecule has 0 bridgehead atoms. The number of aryl methyl sites for hydroxylation is 1. The van der Waals surface area contributed by atoms with E-state index in [4.69, 9.17) is 0 Å². The monoisotopic (exact) mass is 349 g/mol. The van der Waals surface area contributed by atoms with Crippen molar-refractivity contribution in [2.45, 2.75) is 37.4 Å².